The molecule has 4 aromatic rings. The Morgan fingerprint density at radius 2 is 1.57 bits per heavy atom. The van der Waals surface area contributed by atoms with Gasteiger partial charge in [-0.05, 0) is 53.9 Å². The molecule has 3 aromatic carbocycles. The smallest absolute Gasteiger partial charge is 0.232 e. The van der Waals surface area contributed by atoms with Gasteiger partial charge in [0.25, 0.3) is 0 Å². The first-order valence-electron chi connectivity index (χ1n) is 9.77. The highest BCUT2D eigenvalue weighted by Gasteiger charge is 2.21. The highest BCUT2D eigenvalue weighted by molar-refractivity contribution is 5.91. The summed E-state index contributed by atoms with van der Waals surface area (Å²) in [5, 5.41) is 1.04. The standard InChI is InChI=1S/C24H21FN4.ClH/c1-28(20-12-10-19(25)11-13-20)24-26-22-9-5-4-8-21(22)23(27-24)29-15-14-17-6-2-3-7-18(17)16-29;/h2-13H,14-16H2,1H3;1H. The summed E-state index contributed by atoms with van der Waals surface area (Å²) in [4.78, 5) is 13.9. The maximum Gasteiger partial charge on any atom is 0.232 e. The molecule has 0 saturated carbocycles. The van der Waals surface area contributed by atoms with Crippen molar-refractivity contribution in [1.82, 2.24) is 9.97 Å². The lowest BCUT2D eigenvalue weighted by Gasteiger charge is -2.31. The van der Waals surface area contributed by atoms with Gasteiger partial charge >= 0.3 is 0 Å². The fourth-order valence-electron chi connectivity index (χ4n) is 3.90. The molecule has 0 radical (unpaired) electrons. The molecule has 6 heteroatoms. The third-order valence-corrected chi connectivity index (χ3v) is 5.52. The number of aromatic nitrogens is 2. The van der Waals surface area contributed by atoms with Crippen LogP contribution in [0.2, 0.25) is 0 Å². The maximum absolute atomic E-state index is 13.3. The molecule has 0 amide bonds. The summed E-state index contributed by atoms with van der Waals surface area (Å²) in [6, 6.07) is 23.1. The Morgan fingerprint density at radius 1 is 0.867 bits per heavy atom. The molecule has 0 atom stereocenters. The van der Waals surface area contributed by atoms with E-state index in [-0.39, 0.29) is 18.2 Å². The number of nitrogens with zero attached hydrogens (tertiary/aromatic N) is 4. The topological polar surface area (TPSA) is 32.3 Å². The van der Waals surface area contributed by atoms with Crippen molar-refractivity contribution < 1.29 is 4.39 Å². The maximum atomic E-state index is 13.3. The van der Waals surface area contributed by atoms with Gasteiger partial charge in [0, 0.05) is 31.2 Å². The van der Waals surface area contributed by atoms with Gasteiger partial charge in [-0.25, -0.2) is 9.37 Å². The lowest BCUT2D eigenvalue weighted by Crippen LogP contribution is -2.31. The van der Waals surface area contributed by atoms with Gasteiger partial charge in [-0.3, -0.25) is 0 Å². The van der Waals surface area contributed by atoms with Gasteiger partial charge < -0.3 is 9.80 Å². The summed E-state index contributed by atoms with van der Waals surface area (Å²) in [5.41, 5.74) is 4.50. The molecule has 5 rings (SSSR count). The van der Waals surface area contributed by atoms with Crippen LogP contribution in [-0.2, 0) is 13.0 Å². The fraction of sp³-hybridized carbons (Fsp3) is 0.167. The lowest BCUT2D eigenvalue weighted by atomic mass is 10.00. The van der Waals surface area contributed by atoms with E-state index in [1.165, 1.54) is 23.3 Å². The minimum absolute atomic E-state index is 0. The lowest BCUT2D eigenvalue weighted by molar-refractivity contribution is 0.628. The number of halogens is 2. The molecular weight excluding hydrogens is 399 g/mol. The summed E-state index contributed by atoms with van der Waals surface area (Å²) in [7, 11) is 1.91. The molecule has 0 aliphatic carbocycles. The van der Waals surface area contributed by atoms with E-state index in [0.29, 0.717) is 5.95 Å². The van der Waals surface area contributed by atoms with Gasteiger partial charge in [0.05, 0.1) is 5.52 Å². The van der Waals surface area contributed by atoms with E-state index < -0.39 is 0 Å². The SMILES string of the molecule is CN(c1ccc(F)cc1)c1nc(N2CCc3ccccc3C2)c2ccccc2n1.Cl. The van der Waals surface area contributed by atoms with Gasteiger partial charge in [-0.15, -0.1) is 12.4 Å². The van der Waals surface area contributed by atoms with Crippen LogP contribution in [-0.4, -0.2) is 23.6 Å². The van der Waals surface area contributed by atoms with Crippen LogP contribution in [0.25, 0.3) is 10.9 Å². The predicted octanol–water partition coefficient (Wildman–Crippen LogP) is 5.52. The van der Waals surface area contributed by atoms with Crippen molar-refractivity contribution in [2.75, 3.05) is 23.4 Å². The average Bonchev–Trinajstić information content (AvgIpc) is 2.78. The molecule has 152 valence electrons. The number of hydrogen-bond donors (Lipinski definition) is 0. The molecule has 1 aliphatic rings. The Balaban J connectivity index is 0.00000218. The van der Waals surface area contributed by atoms with E-state index in [1.807, 2.05) is 30.1 Å². The van der Waals surface area contributed by atoms with Crippen LogP contribution < -0.4 is 9.80 Å². The monoisotopic (exact) mass is 420 g/mol. The molecule has 0 bridgehead atoms. The number of fused-ring (bicyclic) bond motifs is 2. The molecule has 4 nitrogen and oxygen atoms in total. The Morgan fingerprint density at radius 3 is 2.37 bits per heavy atom. The van der Waals surface area contributed by atoms with Crippen LogP contribution in [0.3, 0.4) is 0 Å². The molecule has 0 N–H and O–H groups in total. The van der Waals surface area contributed by atoms with Crippen molar-refractivity contribution in [1.29, 1.82) is 0 Å². The van der Waals surface area contributed by atoms with Gasteiger partial charge in [-0.1, -0.05) is 36.4 Å². The number of anilines is 3. The fourth-order valence-corrected chi connectivity index (χ4v) is 3.90. The van der Waals surface area contributed by atoms with Crippen LogP contribution in [0.1, 0.15) is 11.1 Å². The number of benzene rings is 3. The molecule has 2 heterocycles. The second kappa shape index (κ2) is 8.28. The molecule has 30 heavy (non-hydrogen) atoms. The molecule has 0 fully saturated rings. The van der Waals surface area contributed by atoms with E-state index in [0.717, 1.165) is 41.9 Å². The zero-order chi connectivity index (χ0) is 19.8. The van der Waals surface area contributed by atoms with E-state index in [4.69, 9.17) is 9.97 Å². The first kappa shape index (κ1) is 20.1. The second-order valence-electron chi connectivity index (χ2n) is 7.34. The van der Waals surface area contributed by atoms with E-state index in [9.17, 15) is 4.39 Å². The Labute approximate surface area is 181 Å². The normalized spacial score (nSPS) is 12.9. The quantitative estimate of drug-likeness (QED) is 0.436. The van der Waals surface area contributed by atoms with E-state index in [2.05, 4.69) is 35.2 Å². The number of para-hydroxylation sites is 1. The first-order chi connectivity index (χ1) is 14.2. The molecule has 0 spiro atoms. The predicted molar refractivity (Wildman–Crippen MR) is 122 cm³/mol. The summed E-state index contributed by atoms with van der Waals surface area (Å²) >= 11 is 0. The molecule has 1 aliphatic heterocycles. The number of hydrogen-bond acceptors (Lipinski definition) is 4. The highest BCUT2D eigenvalue weighted by Crippen LogP contribution is 2.32. The molecular formula is C24H22ClFN4. The van der Waals surface area contributed by atoms with Gasteiger partial charge in [0.1, 0.15) is 11.6 Å². The van der Waals surface area contributed by atoms with Gasteiger partial charge in [0.15, 0.2) is 0 Å². The van der Waals surface area contributed by atoms with Crippen LogP contribution in [0.15, 0.2) is 72.8 Å². The van der Waals surface area contributed by atoms with Crippen LogP contribution in [0.4, 0.5) is 21.8 Å². The Bertz CT molecular complexity index is 1180. The zero-order valence-corrected chi connectivity index (χ0v) is 17.4. The van der Waals surface area contributed by atoms with Crippen molar-refractivity contribution in [3.8, 4) is 0 Å². The number of rotatable bonds is 3. The van der Waals surface area contributed by atoms with Crippen molar-refractivity contribution >= 4 is 40.8 Å². The van der Waals surface area contributed by atoms with Crippen molar-refractivity contribution in [3.63, 3.8) is 0 Å². The highest BCUT2D eigenvalue weighted by atomic mass is 35.5. The first-order valence-corrected chi connectivity index (χ1v) is 9.77. The minimum Gasteiger partial charge on any atom is -0.351 e. The third kappa shape index (κ3) is 3.68. The van der Waals surface area contributed by atoms with Gasteiger partial charge in [-0.2, -0.15) is 4.98 Å². The minimum atomic E-state index is -0.255. The summed E-state index contributed by atoms with van der Waals surface area (Å²) in [6.07, 6.45) is 0.998. The average molecular weight is 421 g/mol. The largest absolute Gasteiger partial charge is 0.351 e. The van der Waals surface area contributed by atoms with Gasteiger partial charge in [0.2, 0.25) is 5.95 Å². The molecule has 0 saturated heterocycles. The zero-order valence-electron chi connectivity index (χ0n) is 16.6. The van der Waals surface area contributed by atoms with E-state index in [1.54, 1.807) is 12.1 Å². The summed E-state index contributed by atoms with van der Waals surface area (Å²) in [5.74, 6) is 1.28. The molecule has 1 aromatic heterocycles. The second-order valence-corrected chi connectivity index (χ2v) is 7.34. The molecule has 0 unspecified atom stereocenters. The van der Waals surface area contributed by atoms with Crippen molar-refractivity contribution in [2.45, 2.75) is 13.0 Å². The Kier molecular flexibility index (Phi) is 5.55. The van der Waals surface area contributed by atoms with Crippen LogP contribution >= 0.6 is 12.4 Å². The third-order valence-electron chi connectivity index (χ3n) is 5.52. The van der Waals surface area contributed by atoms with E-state index >= 15 is 0 Å². The van der Waals surface area contributed by atoms with Crippen molar-refractivity contribution in [3.05, 3.63) is 89.7 Å². The summed E-state index contributed by atoms with van der Waals surface area (Å²) in [6.45, 7) is 1.74. The van der Waals surface area contributed by atoms with Crippen LogP contribution in [0, 0.1) is 5.82 Å². The Hall–Kier alpha value is -3.18. The van der Waals surface area contributed by atoms with Crippen LogP contribution in [0.5, 0.6) is 0 Å². The van der Waals surface area contributed by atoms with Crippen molar-refractivity contribution in [2.24, 2.45) is 0 Å². The summed E-state index contributed by atoms with van der Waals surface area (Å²) < 4.78 is 13.3.